The van der Waals surface area contributed by atoms with E-state index in [4.69, 9.17) is 4.74 Å². The Bertz CT molecular complexity index is 1800. The van der Waals surface area contributed by atoms with Gasteiger partial charge in [0.1, 0.15) is 5.60 Å². The first kappa shape index (κ1) is 28.8. The Labute approximate surface area is 252 Å². The third-order valence-electron chi connectivity index (χ3n) is 8.81. The van der Waals surface area contributed by atoms with Crippen molar-refractivity contribution in [2.45, 2.75) is 72.1 Å². The summed E-state index contributed by atoms with van der Waals surface area (Å²) in [5.74, 6) is -0.303. The number of fused-ring (bicyclic) bond motifs is 4. The van der Waals surface area contributed by atoms with Gasteiger partial charge in [0, 0.05) is 64.5 Å². The predicted octanol–water partition coefficient (Wildman–Crippen LogP) is 6.20. The minimum absolute atomic E-state index is 0.0593. The van der Waals surface area contributed by atoms with Crippen molar-refractivity contribution >= 4 is 50.9 Å². The number of rotatable bonds is 5. The van der Waals surface area contributed by atoms with Crippen molar-refractivity contribution in [2.75, 3.05) is 0 Å². The standard InChI is InChI=1S/C35H40N4O4/c1-20(2)31(36-34(42)43-35(3,4)5)21-15-16-27-28(23-12-8-10-14-26(23)39(27)18-17-21)30-29(32(40)37-33(30)41)24-19-38(6)25-13-9-7-11-22(24)25/h7-14,19-21,31H,15-18H2,1-6H3,(H,36,42)(H,37,40,41). The molecule has 2 aliphatic heterocycles. The average molecular weight is 581 g/mol. The Morgan fingerprint density at radius 2 is 1.60 bits per heavy atom. The fourth-order valence-corrected chi connectivity index (χ4v) is 7.04. The van der Waals surface area contributed by atoms with Crippen molar-refractivity contribution in [3.05, 3.63) is 71.5 Å². The number of nitrogens with one attached hydrogen (secondary N) is 2. The minimum atomic E-state index is -0.573. The van der Waals surface area contributed by atoms with Gasteiger partial charge in [-0.2, -0.15) is 0 Å². The van der Waals surface area contributed by atoms with Crippen molar-refractivity contribution in [3.63, 3.8) is 0 Å². The lowest BCUT2D eigenvalue weighted by molar-refractivity contribution is -0.122. The molecule has 224 valence electrons. The van der Waals surface area contributed by atoms with Crippen LogP contribution < -0.4 is 10.6 Å². The fourth-order valence-electron chi connectivity index (χ4n) is 7.04. The smallest absolute Gasteiger partial charge is 0.407 e. The van der Waals surface area contributed by atoms with E-state index in [-0.39, 0.29) is 29.7 Å². The molecule has 2 atom stereocenters. The van der Waals surface area contributed by atoms with Crippen molar-refractivity contribution in [3.8, 4) is 0 Å². The quantitative estimate of drug-likeness (QED) is 0.275. The molecular formula is C35H40N4O4. The van der Waals surface area contributed by atoms with E-state index in [2.05, 4.69) is 41.2 Å². The van der Waals surface area contributed by atoms with E-state index in [1.807, 2.05) is 75.0 Å². The zero-order valence-electron chi connectivity index (χ0n) is 25.8. The molecule has 0 aliphatic carbocycles. The van der Waals surface area contributed by atoms with Crippen LogP contribution in [0.3, 0.4) is 0 Å². The van der Waals surface area contributed by atoms with E-state index in [1.165, 1.54) is 0 Å². The monoisotopic (exact) mass is 580 g/mol. The number of amides is 3. The van der Waals surface area contributed by atoms with Crippen LogP contribution in [0.15, 0.2) is 54.7 Å². The molecule has 8 heteroatoms. The Morgan fingerprint density at radius 1 is 0.953 bits per heavy atom. The van der Waals surface area contributed by atoms with Gasteiger partial charge >= 0.3 is 6.09 Å². The molecule has 3 amide bonds. The van der Waals surface area contributed by atoms with Crippen molar-refractivity contribution in [2.24, 2.45) is 18.9 Å². The summed E-state index contributed by atoms with van der Waals surface area (Å²) < 4.78 is 9.92. The molecule has 8 nitrogen and oxygen atoms in total. The number of imide groups is 1. The molecular weight excluding hydrogens is 540 g/mol. The third kappa shape index (κ3) is 5.13. The Balaban J connectivity index is 1.45. The second-order valence-electron chi connectivity index (χ2n) is 13.2. The number of hydrogen-bond donors (Lipinski definition) is 2. The average Bonchev–Trinajstić information content (AvgIpc) is 3.46. The van der Waals surface area contributed by atoms with Crippen LogP contribution in [-0.2, 0) is 34.3 Å². The molecule has 4 aromatic rings. The van der Waals surface area contributed by atoms with Crippen molar-refractivity contribution < 1.29 is 19.1 Å². The van der Waals surface area contributed by atoms with E-state index in [9.17, 15) is 14.4 Å². The summed E-state index contributed by atoms with van der Waals surface area (Å²) in [7, 11) is 1.96. The van der Waals surface area contributed by atoms with Gasteiger partial charge in [0.2, 0.25) is 0 Å². The third-order valence-corrected chi connectivity index (χ3v) is 8.81. The molecule has 0 spiro atoms. The van der Waals surface area contributed by atoms with Crippen LogP contribution in [0.25, 0.3) is 33.0 Å². The number of para-hydroxylation sites is 2. The van der Waals surface area contributed by atoms with Crippen LogP contribution in [0.2, 0.25) is 0 Å². The molecule has 0 fully saturated rings. The molecule has 0 saturated heterocycles. The van der Waals surface area contributed by atoms with Crippen LogP contribution in [-0.4, -0.2) is 38.7 Å². The summed E-state index contributed by atoms with van der Waals surface area (Å²) in [5, 5.41) is 7.69. The first-order valence-electron chi connectivity index (χ1n) is 15.2. The summed E-state index contributed by atoms with van der Waals surface area (Å²) in [4.78, 5) is 39.9. The summed E-state index contributed by atoms with van der Waals surface area (Å²) in [6.07, 6.45) is 3.95. The highest BCUT2D eigenvalue weighted by Crippen LogP contribution is 2.42. The second kappa shape index (κ2) is 10.7. The van der Waals surface area contributed by atoms with Crippen LogP contribution in [0, 0.1) is 11.8 Å². The molecule has 2 N–H and O–H groups in total. The normalized spacial score (nSPS) is 18.3. The fraction of sp³-hybridized carbons (Fsp3) is 0.400. The number of aryl methyl sites for hydroxylation is 2. The van der Waals surface area contributed by atoms with Gasteiger partial charge < -0.3 is 19.2 Å². The highest BCUT2D eigenvalue weighted by Gasteiger charge is 2.38. The van der Waals surface area contributed by atoms with Gasteiger partial charge in [0.15, 0.2) is 0 Å². The van der Waals surface area contributed by atoms with Crippen LogP contribution in [0.4, 0.5) is 4.79 Å². The molecule has 0 radical (unpaired) electrons. The number of ether oxygens (including phenoxy) is 1. The molecule has 4 heterocycles. The lowest BCUT2D eigenvalue weighted by Gasteiger charge is -2.31. The molecule has 43 heavy (non-hydrogen) atoms. The molecule has 0 saturated carbocycles. The largest absolute Gasteiger partial charge is 0.444 e. The number of aromatic nitrogens is 2. The molecule has 6 rings (SSSR count). The van der Waals surface area contributed by atoms with Gasteiger partial charge in [0.05, 0.1) is 11.1 Å². The van der Waals surface area contributed by atoms with Crippen LogP contribution >= 0.6 is 0 Å². The lowest BCUT2D eigenvalue weighted by atomic mass is 9.84. The maximum absolute atomic E-state index is 13.7. The SMILES string of the molecule is CC(C)C(NC(=O)OC(C)(C)C)C1CCc2c(C3=C(c4cn(C)c5ccccc45)C(=O)NC3=O)c3ccccc3n2CC1. The molecule has 0 bridgehead atoms. The van der Waals surface area contributed by atoms with Crippen molar-refractivity contribution in [1.29, 1.82) is 0 Å². The molecule has 2 aliphatic rings. The highest BCUT2D eigenvalue weighted by molar-refractivity contribution is 6.51. The number of hydrogen-bond acceptors (Lipinski definition) is 4. The number of alkyl carbamates (subject to hydrolysis) is 1. The molecule has 2 unspecified atom stereocenters. The Morgan fingerprint density at radius 3 is 2.30 bits per heavy atom. The summed E-state index contributed by atoms with van der Waals surface area (Å²) in [5.41, 5.74) is 4.99. The van der Waals surface area contributed by atoms with E-state index in [1.54, 1.807) is 0 Å². The highest BCUT2D eigenvalue weighted by atomic mass is 16.6. The number of benzene rings is 2. The van der Waals surface area contributed by atoms with E-state index >= 15 is 0 Å². The number of carbonyl (C=O) groups excluding carboxylic acids is 3. The van der Waals surface area contributed by atoms with Gasteiger partial charge in [-0.1, -0.05) is 50.2 Å². The zero-order chi connectivity index (χ0) is 30.6. The molecule has 2 aromatic carbocycles. The van der Waals surface area contributed by atoms with Gasteiger partial charge in [-0.15, -0.1) is 0 Å². The summed E-state index contributed by atoms with van der Waals surface area (Å²) in [6, 6.07) is 16.0. The maximum Gasteiger partial charge on any atom is 0.407 e. The second-order valence-corrected chi connectivity index (χ2v) is 13.2. The zero-order valence-corrected chi connectivity index (χ0v) is 25.8. The minimum Gasteiger partial charge on any atom is -0.444 e. The van der Waals surface area contributed by atoms with E-state index in [0.717, 1.165) is 58.0 Å². The first-order valence-corrected chi connectivity index (χ1v) is 15.2. The Kier molecular flexibility index (Phi) is 7.19. The Hall–Kier alpha value is -4.33. The van der Waals surface area contributed by atoms with Gasteiger partial charge in [-0.25, -0.2) is 4.79 Å². The number of carbonyl (C=O) groups is 3. The van der Waals surface area contributed by atoms with Crippen molar-refractivity contribution in [1.82, 2.24) is 19.8 Å². The number of nitrogens with zero attached hydrogens (tertiary/aromatic N) is 2. The van der Waals surface area contributed by atoms with Gasteiger partial charge in [0.25, 0.3) is 11.8 Å². The summed E-state index contributed by atoms with van der Waals surface area (Å²) in [6.45, 7) is 10.6. The lowest BCUT2D eigenvalue weighted by Crippen LogP contribution is -2.46. The maximum atomic E-state index is 13.7. The first-order chi connectivity index (χ1) is 20.4. The van der Waals surface area contributed by atoms with Crippen LogP contribution in [0.1, 0.15) is 64.3 Å². The molecule has 2 aromatic heterocycles. The van der Waals surface area contributed by atoms with Gasteiger partial charge in [-0.3, -0.25) is 14.9 Å². The predicted molar refractivity (Wildman–Crippen MR) is 169 cm³/mol. The van der Waals surface area contributed by atoms with E-state index < -0.39 is 11.7 Å². The van der Waals surface area contributed by atoms with E-state index in [0.29, 0.717) is 17.6 Å². The van der Waals surface area contributed by atoms with Gasteiger partial charge in [-0.05, 0) is 64.0 Å². The topological polar surface area (TPSA) is 94.4 Å². The summed E-state index contributed by atoms with van der Waals surface area (Å²) >= 11 is 0. The van der Waals surface area contributed by atoms with Crippen LogP contribution in [0.5, 0.6) is 0 Å².